The fourth-order valence-electron chi connectivity index (χ4n) is 1.89. The Kier molecular flexibility index (Phi) is 1.06. The predicted octanol–water partition coefficient (Wildman–Crippen LogP) is -0.0718. The lowest BCUT2D eigenvalue weighted by atomic mass is 10.1. The number of hydrogen-bond donors (Lipinski definition) is 1. The molecule has 10 heavy (non-hydrogen) atoms. The van der Waals surface area contributed by atoms with Crippen LogP contribution in [0.5, 0.6) is 0 Å². The van der Waals surface area contributed by atoms with Crippen molar-refractivity contribution in [2.75, 3.05) is 13.1 Å². The molecule has 1 N–H and O–H groups in total. The number of carbonyl (C=O) groups excluding carboxylic acids is 1. The van der Waals surface area contributed by atoms with Gasteiger partial charge in [-0.25, -0.2) is 0 Å². The lowest BCUT2D eigenvalue weighted by Crippen LogP contribution is -2.44. The maximum atomic E-state index is 11.1. The Morgan fingerprint density at radius 3 is 3.20 bits per heavy atom. The second kappa shape index (κ2) is 1.72. The van der Waals surface area contributed by atoms with E-state index in [1.807, 2.05) is 4.90 Å². The van der Waals surface area contributed by atoms with E-state index in [0.717, 1.165) is 25.9 Å². The van der Waals surface area contributed by atoms with Crippen LogP contribution in [0.4, 0.5) is 0 Å². The molecule has 0 aromatic heterocycles. The van der Waals surface area contributed by atoms with Crippen molar-refractivity contribution in [2.24, 2.45) is 0 Å². The van der Waals surface area contributed by atoms with E-state index in [0.29, 0.717) is 5.91 Å². The molecule has 1 unspecified atom stereocenters. The summed E-state index contributed by atoms with van der Waals surface area (Å²) in [6.07, 6.45) is 1.70. The average molecular weight is 140 g/mol. The maximum absolute atomic E-state index is 11.1. The highest BCUT2D eigenvalue weighted by Gasteiger charge is 2.44. The van der Waals surface area contributed by atoms with Crippen LogP contribution in [-0.2, 0) is 4.79 Å². The van der Waals surface area contributed by atoms with E-state index in [-0.39, 0.29) is 5.66 Å². The zero-order chi connectivity index (χ0) is 7.19. The number of amides is 1. The number of nitrogens with zero attached hydrogens (tertiary/aromatic N) is 1. The summed E-state index contributed by atoms with van der Waals surface area (Å²) in [5.41, 5.74) is 0.0110. The number of hydrogen-bond acceptors (Lipinski definition) is 2. The third kappa shape index (κ3) is 0.611. The Morgan fingerprint density at radius 1 is 1.70 bits per heavy atom. The standard InChI is InChI=1S/C7H12N2O/c1-7-3-2-6(10)9(7)5-4-8-7/h8H,2-5H2,1H3. The van der Waals surface area contributed by atoms with Gasteiger partial charge in [0.15, 0.2) is 0 Å². The molecule has 56 valence electrons. The van der Waals surface area contributed by atoms with Crippen LogP contribution >= 0.6 is 0 Å². The molecule has 0 aromatic carbocycles. The second-order valence-corrected chi connectivity index (χ2v) is 3.25. The molecule has 2 saturated heterocycles. The highest BCUT2D eigenvalue weighted by Crippen LogP contribution is 2.29. The first kappa shape index (κ1) is 6.16. The number of rotatable bonds is 0. The van der Waals surface area contributed by atoms with Gasteiger partial charge in [-0.2, -0.15) is 0 Å². The minimum atomic E-state index is 0.0110. The largest absolute Gasteiger partial charge is 0.323 e. The van der Waals surface area contributed by atoms with Crippen LogP contribution in [0.25, 0.3) is 0 Å². The molecule has 2 aliphatic rings. The lowest BCUT2D eigenvalue weighted by Gasteiger charge is -2.26. The minimum Gasteiger partial charge on any atom is -0.323 e. The van der Waals surface area contributed by atoms with Crippen LogP contribution in [0, 0.1) is 0 Å². The Bertz CT molecular complexity index is 180. The van der Waals surface area contributed by atoms with E-state index < -0.39 is 0 Å². The van der Waals surface area contributed by atoms with Gasteiger partial charge in [0.05, 0.1) is 5.66 Å². The molecule has 0 saturated carbocycles. The highest BCUT2D eigenvalue weighted by molar-refractivity contribution is 5.79. The highest BCUT2D eigenvalue weighted by atomic mass is 16.2. The molecule has 0 bridgehead atoms. The molecule has 2 rings (SSSR count). The molecule has 3 nitrogen and oxygen atoms in total. The molecular formula is C7H12N2O. The Labute approximate surface area is 60.4 Å². The third-order valence-electron chi connectivity index (χ3n) is 2.56. The summed E-state index contributed by atoms with van der Waals surface area (Å²) < 4.78 is 0. The van der Waals surface area contributed by atoms with Gasteiger partial charge in [0.1, 0.15) is 0 Å². The summed E-state index contributed by atoms with van der Waals surface area (Å²) >= 11 is 0. The molecule has 3 heteroatoms. The first-order chi connectivity index (χ1) is 4.72. The fourth-order valence-corrected chi connectivity index (χ4v) is 1.89. The summed E-state index contributed by atoms with van der Waals surface area (Å²) in [6.45, 7) is 3.96. The quantitative estimate of drug-likeness (QED) is 0.510. The number of nitrogens with one attached hydrogen (secondary N) is 1. The van der Waals surface area contributed by atoms with Crippen LogP contribution in [0.1, 0.15) is 19.8 Å². The molecule has 2 heterocycles. The van der Waals surface area contributed by atoms with Crippen molar-refractivity contribution in [1.29, 1.82) is 0 Å². The van der Waals surface area contributed by atoms with Crippen molar-refractivity contribution in [3.63, 3.8) is 0 Å². The van der Waals surface area contributed by atoms with Gasteiger partial charge in [-0.1, -0.05) is 0 Å². The van der Waals surface area contributed by atoms with Crippen molar-refractivity contribution in [3.05, 3.63) is 0 Å². The van der Waals surface area contributed by atoms with Crippen LogP contribution in [0.3, 0.4) is 0 Å². The van der Waals surface area contributed by atoms with E-state index in [4.69, 9.17) is 0 Å². The first-order valence-electron chi connectivity index (χ1n) is 3.78. The molecular weight excluding hydrogens is 128 g/mol. The average Bonchev–Trinajstić information content (AvgIpc) is 2.35. The van der Waals surface area contributed by atoms with Gasteiger partial charge in [0.25, 0.3) is 0 Å². The van der Waals surface area contributed by atoms with Gasteiger partial charge in [-0.05, 0) is 13.3 Å². The summed E-state index contributed by atoms with van der Waals surface area (Å²) in [5.74, 6) is 0.313. The van der Waals surface area contributed by atoms with Crippen molar-refractivity contribution < 1.29 is 4.79 Å². The molecule has 0 spiro atoms. The summed E-state index contributed by atoms with van der Waals surface area (Å²) in [4.78, 5) is 13.1. The monoisotopic (exact) mass is 140 g/mol. The van der Waals surface area contributed by atoms with E-state index >= 15 is 0 Å². The Hall–Kier alpha value is -0.570. The molecule has 1 atom stereocenters. The van der Waals surface area contributed by atoms with Crippen LogP contribution in [0.15, 0.2) is 0 Å². The predicted molar refractivity (Wildman–Crippen MR) is 37.4 cm³/mol. The molecule has 0 radical (unpaired) electrons. The van der Waals surface area contributed by atoms with E-state index in [9.17, 15) is 4.79 Å². The molecule has 2 aliphatic heterocycles. The van der Waals surface area contributed by atoms with Gasteiger partial charge in [0, 0.05) is 19.5 Å². The Morgan fingerprint density at radius 2 is 2.50 bits per heavy atom. The van der Waals surface area contributed by atoms with Gasteiger partial charge in [-0.3, -0.25) is 10.1 Å². The van der Waals surface area contributed by atoms with Gasteiger partial charge in [-0.15, -0.1) is 0 Å². The lowest BCUT2D eigenvalue weighted by molar-refractivity contribution is -0.129. The first-order valence-corrected chi connectivity index (χ1v) is 3.78. The molecule has 1 amide bonds. The van der Waals surface area contributed by atoms with Gasteiger partial charge < -0.3 is 4.90 Å². The zero-order valence-corrected chi connectivity index (χ0v) is 6.18. The fraction of sp³-hybridized carbons (Fsp3) is 0.857. The zero-order valence-electron chi connectivity index (χ0n) is 6.18. The minimum absolute atomic E-state index is 0.0110. The van der Waals surface area contributed by atoms with Crippen LogP contribution < -0.4 is 5.32 Å². The molecule has 2 fully saturated rings. The maximum Gasteiger partial charge on any atom is 0.224 e. The Balaban J connectivity index is 2.27. The SMILES string of the molecule is CC12CCC(=O)N1CCN2. The van der Waals surface area contributed by atoms with E-state index in [1.165, 1.54) is 0 Å². The van der Waals surface area contributed by atoms with E-state index in [1.54, 1.807) is 0 Å². The number of carbonyl (C=O) groups is 1. The third-order valence-corrected chi connectivity index (χ3v) is 2.56. The topological polar surface area (TPSA) is 32.3 Å². The summed E-state index contributed by atoms with van der Waals surface area (Å²) in [6, 6.07) is 0. The number of fused-ring (bicyclic) bond motifs is 1. The van der Waals surface area contributed by atoms with Crippen molar-refractivity contribution in [2.45, 2.75) is 25.4 Å². The van der Waals surface area contributed by atoms with Crippen molar-refractivity contribution in [1.82, 2.24) is 10.2 Å². The normalized spacial score (nSPS) is 38.9. The van der Waals surface area contributed by atoms with Gasteiger partial charge in [0.2, 0.25) is 5.91 Å². The summed E-state index contributed by atoms with van der Waals surface area (Å²) in [7, 11) is 0. The molecule has 0 aliphatic carbocycles. The van der Waals surface area contributed by atoms with Gasteiger partial charge >= 0.3 is 0 Å². The smallest absolute Gasteiger partial charge is 0.224 e. The summed E-state index contributed by atoms with van der Waals surface area (Å²) in [5, 5.41) is 3.33. The second-order valence-electron chi connectivity index (χ2n) is 3.25. The van der Waals surface area contributed by atoms with Crippen molar-refractivity contribution in [3.8, 4) is 0 Å². The van der Waals surface area contributed by atoms with E-state index in [2.05, 4.69) is 12.2 Å². The van der Waals surface area contributed by atoms with Crippen LogP contribution in [-0.4, -0.2) is 29.6 Å². The van der Waals surface area contributed by atoms with Crippen molar-refractivity contribution >= 4 is 5.91 Å². The molecule has 0 aromatic rings. The van der Waals surface area contributed by atoms with Crippen LogP contribution in [0.2, 0.25) is 0 Å².